The number of anilines is 1. The molecule has 4 aromatic rings. The van der Waals surface area contributed by atoms with Crippen molar-refractivity contribution in [2.75, 3.05) is 18.0 Å². The van der Waals surface area contributed by atoms with Crippen molar-refractivity contribution in [1.29, 1.82) is 0 Å². The van der Waals surface area contributed by atoms with E-state index >= 15 is 0 Å². The number of hydrogen-bond acceptors (Lipinski definition) is 5. The van der Waals surface area contributed by atoms with Crippen LogP contribution in [0, 0.1) is 0 Å². The molecule has 0 spiro atoms. The van der Waals surface area contributed by atoms with E-state index in [9.17, 15) is 27.9 Å². The highest BCUT2D eigenvalue weighted by atomic mass is 19.4. The van der Waals surface area contributed by atoms with Crippen LogP contribution < -0.4 is 15.5 Å². The number of aliphatic hydroxyl groups excluding tert-OH is 1. The van der Waals surface area contributed by atoms with Crippen LogP contribution in [0.15, 0.2) is 72.9 Å². The third-order valence-electron chi connectivity index (χ3n) is 7.68. The van der Waals surface area contributed by atoms with E-state index < -0.39 is 29.8 Å². The van der Waals surface area contributed by atoms with Gasteiger partial charge in [0.15, 0.2) is 0 Å². The number of fused-ring (bicyclic) bond motifs is 1. The topological polar surface area (TPSA) is 99.5 Å². The van der Waals surface area contributed by atoms with Gasteiger partial charge in [-0.05, 0) is 49.1 Å². The van der Waals surface area contributed by atoms with Gasteiger partial charge in [-0.3, -0.25) is 14.3 Å². The number of nitrogens with one attached hydrogen (secondary N) is 2. The Morgan fingerprint density at radius 2 is 1.84 bits per heavy atom. The van der Waals surface area contributed by atoms with Crippen molar-refractivity contribution in [2.45, 2.75) is 57.6 Å². The molecule has 43 heavy (non-hydrogen) atoms. The van der Waals surface area contributed by atoms with Gasteiger partial charge in [0.1, 0.15) is 0 Å². The molecule has 0 bridgehead atoms. The van der Waals surface area contributed by atoms with Gasteiger partial charge in [-0.15, -0.1) is 0 Å². The van der Waals surface area contributed by atoms with Crippen LogP contribution >= 0.6 is 0 Å². The first-order chi connectivity index (χ1) is 20.6. The molecule has 3 aromatic carbocycles. The van der Waals surface area contributed by atoms with Crippen LogP contribution in [0.5, 0.6) is 0 Å². The van der Waals surface area contributed by atoms with Crippen LogP contribution in [-0.2, 0) is 30.5 Å². The Balaban J connectivity index is 1.36. The number of amides is 2. The summed E-state index contributed by atoms with van der Waals surface area (Å²) in [6, 6.07) is 17.1. The summed E-state index contributed by atoms with van der Waals surface area (Å²) in [5, 5.41) is 22.4. The van der Waals surface area contributed by atoms with Crippen LogP contribution in [0.4, 0.5) is 18.9 Å². The number of halogens is 3. The lowest BCUT2D eigenvalue weighted by molar-refractivity contribution is -0.137. The fourth-order valence-corrected chi connectivity index (χ4v) is 5.43. The standard InChI is InChI=1S/C32H34F3N5O3/c1-2-40-28-17-23(16-27(25(28)19-37-40)39-13-7-12-30(39)42)31(43)38-26(15-21-8-4-3-5-9-21)29(41)20-36-18-22-10-6-11-24(14-22)32(33,34)35/h3-6,8-11,14,16-17,19,26,29,36,41H,2,7,12-13,15,18,20H2,1H3,(H,38,43)/t26-,29+/m0/s1. The largest absolute Gasteiger partial charge is 0.416 e. The maximum atomic E-state index is 13.7. The van der Waals surface area contributed by atoms with Gasteiger partial charge in [0.05, 0.1) is 35.1 Å². The highest BCUT2D eigenvalue weighted by Crippen LogP contribution is 2.32. The van der Waals surface area contributed by atoms with Gasteiger partial charge in [-0.1, -0.05) is 48.5 Å². The van der Waals surface area contributed by atoms with E-state index in [1.807, 2.05) is 37.3 Å². The first kappa shape index (κ1) is 30.2. The molecule has 0 radical (unpaired) electrons. The highest BCUT2D eigenvalue weighted by Gasteiger charge is 2.31. The molecule has 1 aliphatic heterocycles. The second-order valence-electron chi connectivity index (χ2n) is 10.7. The first-order valence-corrected chi connectivity index (χ1v) is 14.3. The molecule has 226 valence electrons. The summed E-state index contributed by atoms with van der Waals surface area (Å²) in [4.78, 5) is 28.0. The number of nitrogens with zero attached hydrogens (tertiary/aromatic N) is 3. The molecule has 2 atom stereocenters. The van der Waals surface area contributed by atoms with E-state index in [2.05, 4.69) is 15.7 Å². The predicted molar refractivity (Wildman–Crippen MR) is 158 cm³/mol. The average Bonchev–Trinajstić information content (AvgIpc) is 3.62. The molecule has 5 rings (SSSR count). The second-order valence-corrected chi connectivity index (χ2v) is 10.7. The molecule has 0 saturated carbocycles. The molecule has 11 heteroatoms. The second kappa shape index (κ2) is 13.0. The summed E-state index contributed by atoms with van der Waals surface area (Å²) in [5.41, 5.74) is 2.28. The van der Waals surface area contributed by atoms with Gasteiger partial charge in [0, 0.05) is 43.5 Å². The number of aryl methyl sites for hydroxylation is 1. The van der Waals surface area contributed by atoms with Crippen LogP contribution in [0.2, 0.25) is 0 Å². The molecule has 2 heterocycles. The van der Waals surface area contributed by atoms with Crippen LogP contribution in [0.3, 0.4) is 0 Å². The molecular formula is C32H34F3N5O3. The van der Waals surface area contributed by atoms with E-state index in [4.69, 9.17) is 0 Å². The summed E-state index contributed by atoms with van der Waals surface area (Å²) in [6.07, 6.45) is -2.29. The molecule has 2 amide bonds. The molecule has 1 aliphatic rings. The Kier molecular flexibility index (Phi) is 9.12. The first-order valence-electron chi connectivity index (χ1n) is 14.3. The fourth-order valence-electron chi connectivity index (χ4n) is 5.43. The lowest BCUT2D eigenvalue weighted by Crippen LogP contribution is -2.48. The van der Waals surface area contributed by atoms with Gasteiger partial charge in [0.25, 0.3) is 5.91 Å². The minimum atomic E-state index is -4.44. The Bertz CT molecular complexity index is 1590. The number of carbonyl (C=O) groups is 2. The Morgan fingerprint density at radius 1 is 1.07 bits per heavy atom. The summed E-state index contributed by atoms with van der Waals surface area (Å²) in [6.45, 7) is 3.22. The van der Waals surface area contributed by atoms with Crippen molar-refractivity contribution >= 4 is 28.4 Å². The Morgan fingerprint density at radius 3 is 2.53 bits per heavy atom. The van der Waals surface area contributed by atoms with E-state index in [0.29, 0.717) is 42.7 Å². The maximum Gasteiger partial charge on any atom is 0.416 e. The van der Waals surface area contributed by atoms with Crippen molar-refractivity contribution in [3.8, 4) is 0 Å². The molecule has 8 nitrogen and oxygen atoms in total. The van der Waals surface area contributed by atoms with Crippen molar-refractivity contribution in [3.05, 3.63) is 95.2 Å². The summed E-state index contributed by atoms with van der Waals surface area (Å²) in [7, 11) is 0. The molecule has 0 unspecified atom stereocenters. The summed E-state index contributed by atoms with van der Waals surface area (Å²) >= 11 is 0. The zero-order chi connectivity index (χ0) is 30.6. The lowest BCUT2D eigenvalue weighted by atomic mass is 10.00. The maximum absolute atomic E-state index is 13.7. The Hall–Kier alpha value is -4.22. The van der Waals surface area contributed by atoms with E-state index in [1.165, 1.54) is 6.07 Å². The highest BCUT2D eigenvalue weighted by molar-refractivity contribution is 6.08. The number of aromatic nitrogens is 2. The number of hydrogen-bond donors (Lipinski definition) is 3. The minimum absolute atomic E-state index is 0.00710. The van der Waals surface area contributed by atoms with Crippen molar-refractivity contribution in [1.82, 2.24) is 20.4 Å². The van der Waals surface area contributed by atoms with Crippen LogP contribution in [0.25, 0.3) is 10.9 Å². The van der Waals surface area contributed by atoms with Crippen molar-refractivity contribution < 1.29 is 27.9 Å². The molecule has 3 N–H and O–H groups in total. The SMILES string of the molecule is CCn1ncc2c(N3CCCC3=O)cc(C(=O)N[C@@H](Cc3ccccc3)[C@H](O)CNCc3cccc(C(F)(F)F)c3)cc21. The number of carbonyl (C=O) groups excluding carboxylic acids is 2. The van der Waals surface area contributed by atoms with Crippen LogP contribution in [-0.4, -0.2) is 51.9 Å². The number of aliphatic hydroxyl groups is 1. The van der Waals surface area contributed by atoms with Gasteiger partial charge >= 0.3 is 6.18 Å². The number of rotatable bonds is 11. The van der Waals surface area contributed by atoms with E-state index in [1.54, 1.807) is 34.0 Å². The van der Waals surface area contributed by atoms with E-state index in [-0.39, 0.29) is 19.0 Å². The monoisotopic (exact) mass is 593 g/mol. The molecule has 1 aromatic heterocycles. The number of benzene rings is 3. The van der Waals surface area contributed by atoms with Crippen molar-refractivity contribution in [2.24, 2.45) is 0 Å². The van der Waals surface area contributed by atoms with Crippen LogP contribution in [0.1, 0.15) is 46.8 Å². The van der Waals surface area contributed by atoms with Gasteiger partial charge in [-0.2, -0.15) is 18.3 Å². The normalized spacial score (nSPS) is 15.2. The van der Waals surface area contributed by atoms with Crippen molar-refractivity contribution in [3.63, 3.8) is 0 Å². The molecule has 1 saturated heterocycles. The third-order valence-corrected chi connectivity index (χ3v) is 7.68. The van der Waals surface area contributed by atoms with E-state index in [0.717, 1.165) is 35.0 Å². The smallest absolute Gasteiger partial charge is 0.390 e. The zero-order valence-electron chi connectivity index (χ0n) is 23.8. The molecule has 0 aliphatic carbocycles. The Labute approximate surface area is 247 Å². The zero-order valence-corrected chi connectivity index (χ0v) is 23.8. The van der Waals surface area contributed by atoms with Gasteiger partial charge in [0.2, 0.25) is 5.91 Å². The third kappa shape index (κ3) is 7.06. The predicted octanol–water partition coefficient (Wildman–Crippen LogP) is 4.69. The average molecular weight is 594 g/mol. The quantitative estimate of drug-likeness (QED) is 0.234. The molecular weight excluding hydrogens is 559 g/mol. The number of alkyl halides is 3. The fraction of sp³-hybridized carbons (Fsp3) is 0.344. The van der Waals surface area contributed by atoms with Gasteiger partial charge in [-0.25, -0.2) is 0 Å². The minimum Gasteiger partial charge on any atom is -0.390 e. The summed E-state index contributed by atoms with van der Waals surface area (Å²) in [5.74, 6) is -0.427. The van der Waals surface area contributed by atoms with Gasteiger partial charge < -0.3 is 20.6 Å². The molecule has 1 fully saturated rings. The summed E-state index contributed by atoms with van der Waals surface area (Å²) < 4.78 is 41.1. The lowest BCUT2D eigenvalue weighted by Gasteiger charge is -2.25.